The Labute approximate surface area is 322 Å². The van der Waals surface area contributed by atoms with Gasteiger partial charge in [-0.05, 0) is 104 Å². The van der Waals surface area contributed by atoms with Crippen molar-refractivity contribution in [2.75, 3.05) is 0 Å². The number of carbonyl (C=O) groups excluding carboxylic acids is 4. The molecule has 0 radical (unpaired) electrons. The Morgan fingerprint density at radius 3 is 1.87 bits per heavy atom. The van der Waals surface area contributed by atoms with Crippen LogP contribution in [0.1, 0.15) is 92.4 Å². The third kappa shape index (κ3) is 8.01. The molecule has 7 rings (SSSR count). The van der Waals surface area contributed by atoms with Crippen LogP contribution in [0.15, 0.2) is 106 Å². The van der Waals surface area contributed by atoms with Crippen LogP contribution in [0.4, 0.5) is 8.78 Å². The highest BCUT2D eigenvalue weighted by Gasteiger charge is 2.66. The number of benzene rings is 3. The van der Waals surface area contributed by atoms with Gasteiger partial charge in [-0.3, -0.25) is 19.2 Å². The zero-order valence-corrected chi connectivity index (χ0v) is 33.1. The Morgan fingerprint density at radius 2 is 1.35 bits per heavy atom. The van der Waals surface area contributed by atoms with Gasteiger partial charge in [0, 0.05) is 50.4 Å². The van der Waals surface area contributed by atoms with Gasteiger partial charge in [-0.2, -0.15) is 0 Å². The molecule has 5 nitrogen and oxygen atoms in total. The summed E-state index contributed by atoms with van der Waals surface area (Å²) < 4.78 is 31.6. The molecule has 4 saturated carbocycles. The lowest BCUT2D eigenvalue weighted by molar-refractivity contribution is -0.168. The predicted molar refractivity (Wildman–Crippen MR) is 207 cm³/mol. The van der Waals surface area contributed by atoms with Gasteiger partial charge >= 0.3 is 5.97 Å². The van der Waals surface area contributed by atoms with Crippen LogP contribution in [0.3, 0.4) is 0 Å². The lowest BCUT2D eigenvalue weighted by Gasteiger charge is -2.58. The van der Waals surface area contributed by atoms with Crippen molar-refractivity contribution in [2.24, 2.45) is 46.3 Å². The van der Waals surface area contributed by atoms with Gasteiger partial charge in [-0.15, -0.1) is 0 Å². The van der Waals surface area contributed by atoms with Crippen LogP contribution in [0, 0.1) is 46.3 Å². The maximum Gasteiger partial charge on any atom is 0.306 e. The van der Waals surface area contributed by atoms with Gasteiger partial charge < -0.3 is 4.74 Å². The van der Waals surface area contributed by atoms with E-state index in [0.717, 1.165) is 26.2 Å². The molecular weight excluding hydrogens is 703 g/mol. The van der Waals surface area contributed by atoms with Gasteiger partial charge in [0.2, 0.25) is 0 Å². The van der Waals surface area contributed by atoms with Crippen LogP contribution >= 0.6 is 0 Å². The first-order valence-corrected chi connectivity index (χ1v) is 20.9. The first-order chi connectivity index (χ1) is 25.6. The van der Waals surface area contributed by atoms with Crippen LogP contribution in [0.2, 0.25) is 0 Å². The number of Topliss-reactive ketones (excluding diaryl/α,β-unsaturated/α-hetero) is 3. The molecule has 8 heteroatoms. The second-order valence-corrected chi connectivity index (χ2v) is 18.8. The van der Waals surface area contributed by atoms with E-state index in [2.05, 4.69) is 97.9 Å². The lowest BCUT2D eigenvalue weighted by atomic mass is 9.44. The van der Waals surface area contributed by atoms with E-state index in [1.54, 1.807) is 0 Å². The molecule has 0 amide bonds. The largest absolute Gasteiger partial charge is 0.456 e. The van der Waals surface area contributed by atoms with E-state index in [4.69, 9.17) is 4.74 Å². The summed E-state index contributed by atoms with van der Waals surface area (Å²) in [6.07, 6.45) is 3.24. The summed E-state index contributed by atoms with van der Waals surface area (Å²) in [5, 5.41) is 0. The molecule has 0 N–H and O–H groups in total. The number of ether oxygens (including phenoxy) is 1. The van der Waals surface area contributed by atoms with Gasteiger partial charge in [0.15, 0.2) is 20.8 Å². The zero-order valence-electron chi connectivity index (χ0n) is 32.3. The quantitative estimate of drug-likeness (QED) is 0.160. The molecule has 9 atom stereocenters. The number of carbonyl (C=O) groups is 4. The minimum absolute atomic E-state index is 0.00476. The van der Waals surface area contributed by atoms with E-state index >= 15 is 0 Å². The Kier molecular flexibility index (Phi) is 12.0. The number of fused-ring (bicyclic) bond motifs is 5. The van der Waals surface area contributed by atoms with E-state index < -0.39 is 23.4 Å². The Hall–Kier alpha value is -3.65. The van der Waals surface area contributed by atoms with E-state index in [-0.39, 0.29) is 75.6 Å². The highest BCUT2D eigenvalue weighted by Crippen LogP contribution is 2.66. The molecule has 0 bridgehead atoms. The molecule has 4 aliphatic rings. The number of hydrogen-bond acceptors (Lipinski definition) is 5. The fourth-order valence-electron chi connectivity index (χ4n) is 10.4. The van der Waals surface area contributed by atoms with E-state index in [1.165, 1.54) is 21.6 Å². The molecule has 288 valence electrons. The van der Waals surface area contributed by atoms with Crippen LogP contribution in [0.25, 0.3) is 0 Å². The third-order valence-electron chi connectivity index (χ3n) is 13.7. The molecule has 2 unspecified atom stereocenters. The Balaban J connectivity index is 0.000000219. The van der Waals surface area contributed by atoms with Crippen LogP contribution in [-0.2, 0) is 34.8 Å². The summed E-state index contributed by atoms with van der Waals surface area (Å²) in [6.45, 7) is 8.17. The standard InChI is InChI=1S/C28H40F2O5.C18H15S/c1-15(6-9-24(34)35-16(2)28(5,29)30)19-7-8-20-25-21(14-23(33)27(19,20)4)26(3)11-10-18(31)12-17(26)13-22(25)32;1-4-10-16(11-5-1)19(17-12-6-2-7-13-17)18-14-8-3-9-15-18/h15-17,19-21,25H,6-14H2,1-5H3;1-15H/q;+1/t15?,16?,17-,19+,20-,21-,25-,26-,27+;/m0./s1. The molecule has 0 heterocycles. The number of ketones is 3. The van der Waals surface area contributed by atoms with E-state index in [1.807, 2.05) is 13.8 Å². The van der Waals surface area contributed by atoms with Gasteiger partial charge in [0.05, 0.1) is 10.9 Å². The minimum atomic E-state index is -3.09. The van der Waals surface area contributed by atoms with Gasteiger partial charge in [0.1, 0.15) is 17.3 Å². The van der Waals surface area contributed by atoms with Crippen molar-refractivity contribution in [2.45, 2.75) is 119 Å². The Bertz CT molecular complexity index is 1700. The maximum atomic E-state index is 13.8. The van der Waals surface area contributed by atoms with Crippen molar-refractivity contribution in [3.63, 3.8) is 0 Å². The highest BCUT2D eigenvalue weighted by molar-refractivity contribution is 7.97. The summed E-state index contributed by atoms with van der Waals surface area (Å²) >= 11 is 0. The van der Waals surface area contributed by atoms with E-state index in [9.17, 15) is 28.0 Å². The normalized spacial score (nSPS) is 30.3. The van der Waals surface area contributed by atoms with E-state index in [0.29, 0.717) is 32.1 Å². The van der Waals surface area contributed by atoms with Crippen molar-refractivity contribution in [1.29, 1.82) is 0 Å². The number of alkyl halides is 2. The number of halogens is 2. The highest BCUT2D eigenvalue weighted by atomic mass is 32.2. The topological polar surface area (TPSA) is 77.5 Å². The monoisotopic (exact) mass is 757 g/mol. The minimum Gasteiger partial charge on any atom is -0.456 e. The van der Waals surface area contributed by atoms with Crippen molar-refractivity contribution < 1.29 is 32.7 Å². The van der Waals surface area contributed by atoms with Crippen molar-refractivity contribution in [3.8, 4) is 0 Å². The van der Waals surface area contributed by atoms with Gasteiger partial charge in [-0.1, -0.05) is 75.4 Å². The van der Waals surface area contributed by atoms with Crippen LogP contribution < -0.4 is 0 Å². The molecule has 3 aromatic carbocycles. The molecule has 0 spiro atoms. The molecule has 0 aliphatic heterocycles. The van der Waals surface area contributed by atoms with Gasteiger partial charge in [0.25, 0.3) is 5.92 Å². The summed E-state index contributed by atoms with van der Waals surface area (Å²) in [4.78, 5) is 55.6. The van der Waals surface area contributed by atoms with Crippen LogP contribution in [-0.4, -0.2) is 35.3 Å². The molecule has 0 saturated heterocycles. The number of esters is 1. The molecular formula is C46H55F2O5S+. The fraction of sp³-hybridized carbons (Fsp3) is 0.522. The number of hydrogen-bond donors (Lipinski definition) is 0. The van der Waals surface area contributed by atoms with Crippen molar-refractivity contribution >= 4 is 34.2 Å². The summed E-state index contributed by atoms with van der Waals surface area (Å²) in [5.74, 6) is -3.07. The third-order valence-corrected chi connectivity index (χ3v) is 15.9. The summed E-state index contributed by atoms with van der Waals surface area (Å²) in [7, 11) is -0.0146. The average Bonchev–Trinajstić information content (AvgIpc) is 3.51. The molecule has 0 aromatic heterocycles. The molecule has 3 aromatic rings. The maximum absolute atomic E-state index is 13.8. The van der Waals surface area contributed by atoms with Crippen LogP contribution in [0.5, 0.6) is 0 Å². The molecule has 4 aliphatic carbocycles. The first kappa shape index (κ1) is 40.0. The average molecular weight is 758 g/mol. The SMILES string of the molecule is CC(CCC(=O)OC(C)C(C)(F)F)[C@H]1CC[C@H]2[C@@H]3C(=O)C[C@@H]4CC(=O)CC[C@]4(C)[C@H]3CC(=O)[C@]12C.c1ccc([S+](c2ccccc2)c2ccccc2)cc1. The fourth-order valence-corrected chi connectivity index (χ4v) is 12.5. The Morgan fingerprint density at radius 1 is 0.815 bits per heavy atom. The second-order valence-electron chi connectivity index (χ2n) is 16.8. The van der Waals surface area contributed by atoms with Crippen molar-refractivity contribution in [1.82, 2.24) is 0 Å². The molecule has 4 fully saturated rings. The smallest absolute Gasteiger partial charge is 0.306 e. The lowest BCUT2D eigenvalue weighted by Crippen LogP contribution is -2.60. The summed E-state index contributed by atoms with van der Waals surface area (Å²) in [5.41, 5.74) is -0.757. The van der Waals surface area contributed by atoms with Gasteiger partial charge in [-0.25, -0.2) is 8.78 Å². The first-order valence-electron chi connectivity index (χ1n) is 19.7. The molecule has 54 heavy (non-hydrogen) atoms. The zero-order chi connectivity index (χ0) is 38.8. The summed E-state index contributed by atoms with van der Waals surface area (Å²) in [6, 6.07) is 32.2. The second kappa shape index (κ2) is 16.2. The number of rotatable bonds is 9. The predicted octanol–water partition coefficient (Wildman–Crippen LogP) is 10.4. The van der Waals surface area contributed by atoms with Crippen molar-refractivity contribution in [3.05, 3.63) is 91.0 Å².